The van der Waals surface area contributed by atoms with Crippen LogP contribution >= 0.6 is 34.5 Å². The minimum Gasteiger partial charge on any atom is -0.465 e. The number of anilines is 2. The summed E-state index contributed by atoms with van der Waals surface area (Å²) in [4.78, 5) is 39.6. The topological polar surface area (TPSA) is 88.6 Å². The third kappa shape index (κ3) is 5.49. The standard InChI is InChI=1S/C11H13Cl2N3O4S/c1-2-20-10(19)5-16(9(18)4-13)7-6-21-11(14-7)15-8(17)3-12/h6H,2-5H2,1H3,(H,14,15,17). The van der Waals surface area contributed by atoms with Crippen molar-refractivity contribution in [3.8, 4) is 0 Å². The number of hydrogen-bond donors (Lipinski definition) is 1. The summed E-state index contributed by atoms with van der Waals surface area (Å²) in [5.74, 6) is -1.79. The fraction of sp³-hybridized carbons (Fsp3) is 0.455. The number of nitrogens with zero attached hydrogens (tertiary/aromatic N) is 2. The number of hydrogen-bond acceptors (Lipinski definition) is 6. The Morgan fingerprint density at radius 1 is 1.38 bits per heavy atom. The highest BCUT2D eigenvalue weighted by atomic mass is 35.5. The Labute approximate surface area is 135 Å². The number of ether oxygens (including phenoxy) is 1. The quantitative estimate of drug-likeness (QED) is 0.592. The Bertz CT molecular complexity index is 523. The fourth-order valence-corrected chi connectivity index (χ4v) is 2.23. The van der Waals surface area contributed by atoms with Crippen molar-refractivity contribution >= 4 is 63.3 Å². The largest absolute Gasteiger partial charge is 0.465 e. The van der Waals surface area contributed by atoms with Gasteiger partial charge < -0.3 is 10.1 Å². The van der Waals surface area contributed by atoms with Crippen LogP contribution in [-0.4, -0.2) is 47.7 Å². The molecule has 0 fully saturated rings. The van der Waals surface area contributed by atoms with Gasteiger partial charge in [-0.3, -0.25) is 19.3 Å². The van der Waals surface area contributed by atoms with Gasteiger partial charge in [-0.1, -0.05) is 0 Å². The molecule has 0 radical (unpaired) electrons. The van der Waals surface area contributed by atoms with E-state index in [2.05, 4.69) is 10.3 Å². The molecule has 0 aliphatic rings. The normalized spacial score (nSPS) is 10.0. The van der Waals surface area contributed by atoms with E-state index >= 15 is 0 Å². The predicted octanol–water partition coefficient (Wildman–Crippen LogP) is 1.46. The first-order valence-corrected chi connectivity index (χ1v) is 7.80. The summed E-state index contributed by atoms with van der Waals surface area (Å²) in [7, 11) is 0. The third-order valence-corrected chi connectivity index (χ3v) is 3.36. The molecule has 1 heterocycles. The molecule has 0 bridgehead atoms. The number of alkyl halides is 2. The van der Waals surface area contributed by atoms with Crippen LogP contribution in [0.4, 0.5) is 10.9 Å². The smallest absolute Gasteiger partial charge is 0.326 e. The Balaban J connectivity index is 2.86. The first-order valence-electron chi connectivity index (χ1n) is 5.85. The zero-order valence-corrected chi connectivity index (χ0v) is 13.4. The maximum absolute atomic E-state index is 11.8. The number of halogens is 2. The van der Waals surface area contributed by atoms with Gasteiger partial charge in [0.15, 0.2) is 5.13 Å². The van der Waals surface area contributed by atoms with Crippen molar-refractivity contribution in [1.82, 2.24) is 4.98 Å². The molecule has 0 aliphatic heterocycles. The summed E-state index contributed by atoms with van der Waals surface area (Å²) in [5, 5.41) is 4.24. The molecule has 1 aromatic rings. The molecule has 21 heavy (non-hydrogen) atoms. The lowest BCUT2D eigenvalue weighted by atomic mass is 10.4. The molecule has 1 N–H and O–H groups in total. The number of aromatic nitrogens is 1. The van der Waals surface area contributed by atoms with Crippen molar-refractivity contribution in [3.05, 3.63) is 5.38 Å². The number of carbonyl (C=O) groups excluding carboxylic acids is 3. The van der Waals surface area contributed by atoms with Crippen molar-refractivity contribution in [1.29, 1.82) is 0 Å². The average molecular weight is 354 g/mol. The molecule has 0 saturated heterocycles. The lowest BCUT2D eigenvalue weighted by molar-refractivity contribution is -0.142. The van der Waals surface area contributed by atoms with Crippen LogP contribution in [0.2, 0.25) is 0 Å². The first kappa shape index (κ1) is 17.7. The van der Waals surface area contributed by atoms with Crippen LogP contribution in [0.1, 0.15) is 6.92 Å². The summed E-state index contributed by atoms with van der Waals surface area (Å²) in [6, 6.07) is 0. The second kappa shape index (κ2) is 8.81. The molecular weight excluding hydrogens is 341 g/mol. The van der Waals surface area contributed by atoms with Gasteiger partial charge in [0.05, 0.1) is 6.61 Å². The SMILES string of the molecule is CCOC(=O)CN(C(=O)CCl)c1csc(NC(=O)CCl)n1. The van der Waals surface area contributed by atoms with Gasteiger partial charge in [0, 0.05) is 5.38 Å². The summed E-state index contributed by atoms with van der Waals surface area (Å²) in [5.41, 5.74) is 0. The Morgan fingerprint density at radius 2 is 2.10 bits per heavy atom. The molecule has 0 aliphatic carbocycles. The lowest BCUT2D eigenvalue weighted by Gasteiger charge is -2.17. The van der Waals surface area contributed by atoms with Crippen LogP contribution in [0.25, 0.3) is 0 Å². The fourth-order valence-electron chi connectivity index (χ4n) is 1.30. The molecule has 2 amide bonds. The van der Waals surface area contributed by atoms with E-state index in [0.717, 1.165) is 16.2 Å². The zero-order valence-electron chi connectivity index (χ0n) is 11.1. The number of carbonyl (C=O) groups is 3. The average Bonchev–Trinajstić information content (AvgIpc) is 2.92. The van der Waals surface area contributed by atoms with Gasteiger partial charge in [0.2, 0.25) is 11.8 Å². The first-order chi connectivity index (χ1) is 10.0. The summed E-state index contributed by atoms with van der Waals surface area (Å²) < 4.78 is 4.79. The Hall–Kier alpha value is -1.38. The highest BCUT2D eigenvalue weighted by Gasteiger charge is 2.22. The van der Waals surface area contributed by atoms with Crippen LogP contribution in [0.5, 0.6) is 0 Å². The molecule has 0 aromatic carbocycles. The zero-order chi connectivity index (χ0) is 15.8. The van der Waals surface area contributed by atoms with Gasteiger partial charge in [-0.2, -0.15) is 0 Å². The molecule has 7 nitrogen and oxygen atoms in total. The van der Waals surface area contributed by atoms with E-state index in [1.54, 1.807) is 6.92 Å². The second-order valence-electron chi connectivity index (χ2n) is 3.61. The van der Waals surface area contributed by atoms with Gasteiger partial charge >= 0.3 is 5.97 Å². The van der Waals surface area contributed by atoms with Gasteiger partial charge in [0.25, 0.3) is 0 Å². The third-order valence-electron chi connectivity index (χ3n) is 2.14. The van der Waals surface area contributed by atoms with Crippen molar-refractivity contribution in [2.45, 2.75) is 6.92 Å². The molecule has 116 valence electrons. The van der Waals surface area contributed by atoms with E-state index in [1.165, 1.54) is 5.38 Å². The van der Waals surface area contributed by atoms with Crippen molar-refractivity contribution in [2.75, 3.05) is 35.1 Å². The molecular formula is C11H13Cl2N3O4S. The molecule has 1 aromatic heterocycles. The molecule has 1 rings (SSSR count). The number of amides is 2. The lowest BCUT2D eigenvalue weighted by Crippen LogP contribution is -2.37. The number of esters is 1. The molecule has 0 spiro atoms. The second-order valence-corrected chi connectivity index (χ2v) is 5.00. The number of nitrogens with one attached hydrogen (secondary N) is 1. The monoisotopic (exact) mass is 353 g/mol. The van der Waals surface area contributed by atoms with Crippen molar-refractivity contribution in [3.63, 3.8) is 0 Å². The molecule has 0 unspecified atom stereocenters. The van der Waals surface area contributed by atoms with Gasteiger partial charge in [0.1, 0.15) is 24.1 Å². The van der Waals surface area contributed by atoms with Crippen LogP contribution in [-0.2, 0) is 19.1 Å². The van der Waals surface area contributed by atoms with Crippen molar-refractivity contribution < 1.29 is 19.1 Å². The Morgan fingerprint density at radius 3 is 2.67 bits per heavy atom. The van der Waals surface area contributed by atoms with E-state index in [0.29, 0.717) is 0 Å². The highest BCUT2D eigenvalue weighted by Crippen LogP contribution is 2.23. The summed E-state index contributed by atoms with van der Waals surface area (Å²) >= 11 is 12.0. The minimum absolute atomic E-state index is 0.204. The number of rotatable bonds is 7. The van der Waals surface area contributed by atoms with Crippen LogP contribution in [0, 0.1) is 0 Å². The van der Waals surface area contributed by atoms with Crippen LogP contribution in [0.15, 0.2) is 5.38 Å². The minimum atomic E-state index is -0.574. The van der Waals surface area contributed by atoms with E-state index in [4.69, 9.17) is 27.9 Å². The summed E-state index contributed by atoms with van der Waals surface area (Å²) in [6.45, 7) is 1.57. The van der Waals surface area contributed by atoms with Crippen LogP contribution in [0.3, 0.4) is 0 Å². The summed E-state index contributed by atoms with van der Waals surface area (Å²) in [6.07, 6.45) is 0. The number of thiazole rings is 1. The van der Waals surface area contributed by atoms with E-state index in [-0.39, 0.29) is 35.9 Å². The van der Waals surface area contributed by atoms with Crippen LogP contribution < -0.4 is 10.2 Å². The van der Waals surface area contributed by atoms with E-state index < -0.39 is 17.8 Å². The molecule has 0 saturated carbocycles. The van der Waals surface area contributed by atoms with Gasteiger partial charge in [-0.05, 0) is 6.92 Å². The maximum Gasteiger partial charge on any atom is 0.326 e. The van der Waals surface area contributed by atoms with E-state index in [1.807, 2.05) is 0 Å². The predicted molar refractivity (Wildman–Crippen MR) is 81.2 cm³/mol. The maximum atomic E-state index is 11.8. The van der Waals surface area contributed by atoms with Crippen molar-refractivity contribution in [2.24, 2.45) is 0 Å². The molecule has 10 heteroatoms. The van der Waals surface area contributed by atoms with E-state index in [9.17, 15) is 14.4 Å². The highest BCUT2D eigenvalue weighted by molar-refractivity contribution is 7.14. The van der Waals surface area contributed by atoms with Gasteiger partial charge in [-0.15, -0.1) is 34.5 Å². The Kier molecular flexibility index (Phi) is 7.41. The molecule has 0 atom stereocenters. The van der Waals surface area contributed by atoms with Gasteiger partial charge in [-0.25, -0.2) is 4.98 Å².